The molecule has 4 rings (SSSR count). The van der Waals surface area contributed by atoms with E-state index in [9.17, 15) is 4.79 Å². The number of nitrogens with zero attached hydrogens (tertiary/aromatic N) is 3. The molecule has 1 aliphatic carbocycles. The highest BCUT2D eigenvalue weighted by Crippen LogP contribution is 2.31. The molecule has 2 aliphatic rings. The van der Waals surface area contributed by atoms with Gasteiger partial charge in [0.05, 0.1) is 26.9 Å². The van der Waals surface area contributed by atoms with Gasteiger partial charge in [-0.05, 0) is 36.5 Å². The molecule has 0 unspecified atom stereocenters. The van der Waals surface area contributed by atoms with Crippen molar-refractivity contribution in [2.75, 3.05) is 40.0 Å². The maximum atomic E-state index is 12.6. The number of carbonyl (C=O) groups excluding carboxylic acids is 1. The van der Waals surface area contributed by atoms with Gasteiger partial charge in [-0.15, -0.1) is 0 Å². The Bertz CT molecular complexity index is 796. The first kappa shape index (κ1) is 19.0. The number of morpholine rings is 1. The zero-order valence-corrected chi connectivity index (χ0v) is 16.3. The second-order valence-corrected chi connectivity index (χ2v) is 7.50. The Morgan fingerprint density at radius 3 is 2.86 bits per heavy atom. The molecule has 0 spiro atoms. The largest absolute Gasteiger partial charge is 0.497 e. The third-order valence-electron chi connectivity index (χ3n) is 5.18. The highest BCUT2D eigenvalue weighted by Gasteiger charge is 2.26. The summed E-state index contributed by atoms with van der Waals surface area (Å²) in [7, 11) is 1.68. The standard InChI is InChI=1S/C21H27N3O4/c1-26-18-4-2-3-17(11-18)13-23(12-16-5-6-16)14-20-22-19(15-28-20)21(25)24-7-9-27-10-8-24/h2-4,11,15-16H,5-10,12-14H2,1H3. The van der Waals surface area contributed by atoms with Gasteiger partial charge in [-0.25, -0.2) is 4.98 Å². The highest BCUT2D eigenvalue weighted by atomic mass is 16.5. The molecule has 2 heterocycles. The molecule has 0 bridgehead atoms. The quantitative estimate of drug-likeness (QED) is 0.696. The molecule has 1 aliphatic heterocycles. The van der Waals surface area contributed by atoms with Crippen LogP contribution in [0, 0.1) is 5.92 Å². The van der Waals surface area contributed by atoms with Crippen molar-refractivity contribution in [3.8, 4) is 5.75 Å². The number of hydrogen-bond acceptors (Lipinski definition) is 6. The average Bonchev–Trinajstić information content (AvgIpc) is 3.43. The first-order chi connectivity index (χ1) is 13.7. The summed E-state index contributed by atoms with van der Waals surface area (Å²) in [4.78, 5) is 21.1. The van der Waals surface area contributed by atoms with Gasteiger partial charge in [-0.3, -0.25) is 9.69 Å². The smallest absolute Gasteiger partial charge is 0.275 e. The molecular formula is C21H27N3O4. The fourth-order valence-corrected chi connectivity index (χ4v) is 3.48. The number of ether oxygens (including phenoxy) is 2. The summed E-state index contributed by atoms with van der Waals surface area (Å²) in [6.07, 6.45) is 4.04. The van der Waals surface area contributed by atoms with Crippen molar-refractivity contribution >= 4 is 5.91 Å². The molecule has 7 heteroatoms. The van der Waals surface area contributed by atoms with E-state index in [2.05, 4.69) is 22.0 Å². The predicted molar refractivity (Wildman–Crippen MR) is 103 cm³/mol. The average molecular weight is 385 g/mol. The van der Waals surface area contributed by atoms with Crippen molar-refractivity contribution in [3.63, 3.8) is 0 Å². The zero-order chi connectivity index (χ0) is 19.3. The van der Waals surface area contributed by atoms with E-state index in [0.717, 1.165) is 24.8 Å². The van der Waals surface area contributed by atoms with E-state index < -0.39 is 0 Å². The van der Waals surface area contributed by atoms with E-state index in [1.807, 2.05) is 12.1 Å². The van der Waals surface area contributed by atoms with Crippen LogP contribution in [0.25, 0.3) is 0 Å². The zero-order valence-electron chi connectivity index (χ0n) is 16.3. The van der Waals surface area contributed by atoms with E-state index in [-0.39, 0.29) is 5.91 Å². The molecule has 0 N–H and O–H groups in total. The molecule has 1 saturated heterocycles. The molecule has 1 aromatic heterocycles. The van der Waals surface area contributed by atoms with Crippen LogP contribution in [-0.4, -0.2) is 60.6 Å². The van der Waals surface area contributed by atoms with Gasteiger partial charge in [-0.1, -0.05) is 12.1 Å². The molecule has 1 amide bonds. The minimum atomic E-state index is -0.0835. The summed E-state index contributed by atoms with van der Waals surface area (Å²) < 4.78 is 16.3. The van der Waals surface area contributed by atoms with Crippen LogP contribution in [0.3, 0.4) is 0 Å². The van der Waals surface area contributed by atoms with Crippen LogP contribution in [0.2, 0.25) is 0 Å². The second-order valence-electron chi connectivity index (χ2n) is 7.50. The predicted octanol–water partition coefficient (Wildman–Crippen LogP) is 2.57. The second kappa shape index (κ2) is 8.75. The topological polar surface area (TPSA) is 68.0 Å². The molecule has 7 nitrogen and oxygen atoms in total. The highest BCUT2D eigenvalue weighted by molar-refractivity contribution is 5.92. The number of rotatable bonds is 8. The van der Waals surface area contributed by atoms with Crippen LogP contribution >= 0.6 is 0 Å². The van der Waals surface area contributed by atoms with Crippen LogP contribution in [0.4, 0.5) is 0 Å². The number of amides is 1. The monoisotopic (exact) mass is 385 g/mol. The Balaban J connectivity index is 1.41. The van der Waals surface area contributed by atoms with Crippen LogP contribution in [0.1, 0.15) is 34.8 Å². The summed E-state index contributed by atoms with van der Waals surface area (Å²) in [6, 6.07) is 8.12. The summed E-state index contributed by atoms with van der Waals surface area (Å²) in [5, 5.41) is 0. The summed E-state index contributed by atoms with van der Waals surface area (Å²) in [5.41, 5.74) is 1.57. The van der Waals surface area contributed by atoms with Crippen molar-refractivity contribution in [1.29, 1.82) is 0 Å². The molecule has 0 radical (unpaired) electrons. The van der Waals surface area contributed by atoms with Crippen LogP contribution < -0.4 is 4.74 Å². The van der Waals surface area contributed by atoms with E-state index in [0.29, 0.717) is 44.4 Å². The molecule has 2 aromatic rings. The summed E-state index contributed by atoms with van der Waals surface area (Å²) in [5.74, 6) is 2.11. The van der Waals surface area contributed by atoms with Crippen molar-refractivity contribution in [2.24, 2.45) is 5.92 Å². The van der Waals surface area contributed by atoms with Crippen molar-refractivity contribution in [2.45, 2.75) is 25.9 Å². The van der Waals surface area contributed by atoms with Gasteiger partial charge in [0.1, 0.15) is 12.0 Å². The summed E-state index contributed by atoms with van der Waals surface area (Å²) in [6.45, 7) is 4.74. The third-order valence-corrected chi connectivity index (χ3v) is 5.18. The number of hydrogen-bond donors (Lipinski definition) is 0. The SMILES string of the molecule is COc1cccc(CN(Cc2nc(C(=O)N3CCOCC3)co2)CC2CC2)c1. The summed E-state index contributed by atoms with van der Waals surface area (Å²) >= 11 is 0. The molecule has 28 heavy (non-hydrogen) atoms. The van der Waals surface area contributed by atoms with E-state index in [1.54, 1.807) is 12.0 Å². The van der Waals surface area contributed by atoms with Crippen LogP contribution in [0.15, 0.2) is 34.9 Å². The van der Waals surface area contributed by atoms with Gasteiger partial charge in [0.25, 0.3) is 5.91 Å². The molecule has 2 fully saturated rings. The number of methoxy groups -OCH3 is 1. The number of aromatic nitrogens is 1. The first-order valence-corrected chi connectivity index (χ1v) is 9.88. The van der Waals surface area contributed by atoms with E-state index in [4.69, 9.17) is 13.9 Å². The molecule has 1 saturated carbocycles. The normalized spacial score (nSPS) is 17.1. The van der Waals surface area contributed by atoms with Crippen LogP contribution in [-0.2, 0) is 17.8 Å². The number of carbonyl (C=O) groups is 1. The fourth-order valence-electron chi connectivity index (χ4n) is 3.48. The molecule has 0 atom stereocenters. The third kappa shape index (κ3) is 4.91. The maximum absolute atomic E-state index is 12.6. The van der Waals surface area contributed by atoms with Gasteiger partial charge in [0.15, 0.2) is 5.69 Å². The van der Waals surface area contributed by atoms with Crippen molar-refractivity contribution in [3.05, 3.63) is 47.7 Å². The molecule has 150 valence electrons. The lowest BCUT2D eigenvalue weighted by Gasteiger charge is -2.25. The lowest BCUT2D eigenvalue weighted by atomic mass is 10.2. The molecule has 1 aromatic carbocycles. The van der Waals surface area contributed by atoms with Crippen molar-refractivity contribution < 1.29 is 18.7 Å². The minimum Gasteiger partial charge on any atom is -0.497 e. The Kier molecular flexibility index (Phi) is 5.92. The Morgan fingerprint density at radius 2 is 2.11 bits per heavy atom. The van der Waals surface area contributed by atoms with E-state index in [1.165, 1.54) is 24.7 Å². The Morgan fingerprint density at radius 1 is 1.29 bits per heavy atom. The Hall–Kier alpha value is -2.38. The lowest BCUT2D eigenvalue weighted by Crippen LogP contribution is -2.40. The van der Waals surface area contributed by atoms with Gasteiger partial charge in [0.2, 0.25) is 5.89 Å². The fraction of sp³-hybridized carbons (Fsp3) is 0.524. The van der Waals surface area contributed by atoms with Crippen molar-refractivity contribution in [1.82, 2.24) is 14.8 Å². The van der Waals surface area contributed by atoms with Gasteiger partial charge >= 0.3 is 0 Å². The first-order valence-electron chi connectivity index (χ1n) is 9.88. The lowest BCUT2D eigenvalue weighted by molar-refractivity contribution is 0.0299. The minimum absolute atomic E-state index is 0.0835. The van der Waals surface area contributed by atoms with Gasteiger partial charge in [-0.2, -0.15) is 0 Å². The number of oxazole rings is 1. The van der Waals surface area contributed by atoms with Gasteiger partial charge in [0, 0.05) is 26.2 Å². The Labute approximate surface area is 165 Å². The maximum Gasteiger partial charge on any atom is 0.275 e. The van der Waals surface area contributed by atoms with Crippen LogP contribution in [0.5, 0.6) is 5.75 Å². The van der Waals surface area contributed by atoms with Gasteiger partial charge < -0.3 is 18.8 Å². The molecular weight excluding hydrogens is 358 g/mol. The number of benzene rings is 1. The van der Waals surface area contributed by atoms with E-state index >= 15 is 0 Å².